The number of rotatable bonds is 0. The van der Waals surface area contributed by atoms with Gasteiger partial charge in [-0.1, -0.05) is 97.6 Å². The molecule has 0 aromatic rings. The molecule has 0 nitrogen and oxygen atoms in total. The lowest BCUT2D eigenvalue weighted by Crippen LogP contribution is -1.66. The Labute approximate surface area is 123 Å². The molecular weight excluding hydrogens is 228 g/mol. The Kier molecular flexibility index (Phi) is 23.5. The topological polar surface area (TPSA) is 0 Å². The standard InChI is InChI=1S/2C5H6.2C4H10.CH4/c2*1-2-4-5-3-1;2*1-4(2)3;/h2*1-4H,5H2;2*4H,1-3H3;1H4. The maximum atomic E-state index is 2.17. The highest BCUT2D eigenvalue weighted by Gasteiger charge is 1.72. The third kappa shape index (κ3) is 47.3. The quantitative estimate of drug-likeness (QED) is 0.443. The molecule has 0 aliphatic heterocycles. The molecule has 2 rings (SSSR count). The zero-order valence-electron chi connectivity index (χ0n) is 13.2. The van der Waals surface area contributed by atoms with Gasteiger partial charge in [-0.15, -0.1) is 0 Å². The summed E-state index contributed by atoms with van der Waals surface area (Å²) in [7, 11) is 0. The van der Waals surface area contributed by atoms with E-state index in [9.17, 15) is 0 Å². The molecule has 0 spiro atoms. The molecule has 0 radical (unpaired) electrons. The second-order valence-corrected chi connectivity index (χ2v) is 5.65. The smallest absolute Gasteiger partial charge is 0.0163 e. The molecule has 0 heterocycles. The molecule has 0 aromatic heterocycles. The van der Waals surface area contributed by atoms with Crippen molar-refractivity contribution >= 4 is 0 Å². The van der Waals surface area contributed by atoms with Crippen LogP contribution in [0.3, 0.4) is 0 Å². The average Bonchev–Trinajstić information content (AvgIpc) is 2.96. The fraction of sp³-hybridized carbons (Fsp3) is 0.579. The maximum absolute atomic E-state index is 2.17. The third-order valence-electron chi connectivity index (χ3n) is 1.31. The van der Waals surface area contributed by atoms with Crippen LogP contribution in [0.2, 0.25) is 0 Å². The molecule has 0 unspecified atom stereocenters. The molecule has 2 aliphatic carbocycles. The van der Waals surface area contributed by atoms with Gasteiger partial charge in [0.05, 0.1) is 0 Å². The summed E-state index contributed by atoms with van der Waals surface area (Å²) in [6.07, 6.45) is 19.0. The Balaban J connectivity index is -0.000000178. The van der Waals surface area contributed by atoms with Crippen molar-refractivity contribution in [2.45, 2.75) is 61.8 Å². The summed E-state index contributed by atoms with van der Waals surface area (Å²) >= 11 is 0. The van der Waals surface area contributed by atoms with Gasteiger partial charge in [0.25, 0.3) is 0 Å². The summed E-state index contributed by atoms with van der Waals surface area (Å²) < 4.78 is 0. The van der Waals surface area contributed by atoms with Crippen LogP contribution in [0.4, 0.5) is 0 Å². The maximum Gasteiger partial charge on any atom is -0.0163 e. The van der Waals surface area contributed by atoms with Crippen molar-refractivity contribution in [1.29, 1.82) is 0 Å². The van der Waals surface area contributed by atoms with E-state index < -0.39 is 0 Å². The second kappa shape index (κ2) is 19.3. The van der Waals surface area contributed by atoms with Gasteiger partial charge in [-0.3, -0.25) is 0 Å². The average molecular weight is 264 g/mol. The molecule has 0 saturated heterocycles. The number of allylic oxidation sites excluding steroid dienone is 8. The second-order valence-electron chi connectivity index (χ2n) is 5.65. The number of hydrogen-bond acceptors (Lipinski definition) is 0. The highest BCUT2D eigenvalue weighted by Crippen LogP contribution is 1.93. The van der Waals surface area contributed by atoms with E-state index in [1.54, 1.807) is 0 Å². The molecule has 0 saturated carbocycles. The zero-order valence-corrected chi connectivity index (χ0v) is 13.2. The van der Waals surface area contributed by atoms with Crippen LogP contribution in [-0.4, -0.2) is 0 Å². The Hall–Kier alpha value is -1.04. The first-order chi connectivity index (χ1) is 8.46. The third-order valence-corrected chi connectivity index (χ3v) is 1.31. The van der Waals surface area contributed by atoms with E-state index in [2.05, 4.69) is 90.2 Å². The first-order valence-corrected chi connectivity index (χ1v) is 7.10. The van der Waals surface area contributed by atoms with Gasteiger partial charge in [-0.05, 0) is 24.7 Å². The molecule has 112 valence electrons. The molecule has 0 heteroatoms. The predicted octanol–water partition coefficient (Wildman–Crippen LogP) is 6.97. The van der Waals surface area contributed by atoms with Crippen LogP contribution < -0.4 is 0 Å². The van der Waals surface area contributed by atoms with Crippen molar-refractivity contribution in [2.75, 3.05) is 0 Å². The molecular formula is C19H36. The molecule has 19 heavy (non-hydrogen) atoms. The van der Waals surface area contributed by atoms with Gasteiger partial charge in [0.1, 0.15) is 0 Å². The van der Waals surface area contributed by atoms with E-state index in [4.69, 9.17) is 0 Å². The Morgan fingerprint density at radius 3 is 0.737 bits per heavy atom. The van der Waals surface area contributed by atoms with Gasteiger partial charge >= 0.3 is 0 Å². The SMILES string of the molecule is C.C1=CCC=C1.C1=CCC=C1.CC(C)C.CC(C)C. The normalized spacial score (nSPS) is 13.1. The fourth-order valence-electron chi connectivity index (χ4n) is 0.786. The summed E-state index contributed by atoms with van der Waals surface area (Å²) in [6.45, 7) is 13.0. The van der Waals surface area contributed by atoms with Crippen molar-refractivity contribution < 1.29 is 0 Å². The van der Waals surface area contributed by atoms with Crippen LogP contribution in [0, 0.1) is 11.8 Å². The highest BCUT2D eigenvalue weighted by molar-refractivity contribution is 5.12. The molecule has 0 amide bonds. The Morgan fingerprint density at radius 1 is 0.526 bits per heavy atom. The van der Waals surface area contributed by atoms with Crippen LogP contribution in [-0.2, 0) is 0 Å². The summed E-state index contributed by atoms with van der Waals surface area (Å²) in [4.78, 5) is 0. The van der Waals surface area contributed by atoms with E-state index in [0.29, 0.717) is 0 Å². The van der Waals surface area contributed by atoms with Crippen LogP contribution in [0.1, 0.15) is 61.8 Å². The predicted molar refractivity (Wildman–Crippen MR) is 93.5 cm³/mol. The summed E-state index contributed by atoms with van der Waals surface area (Å²) in [5.41, 5.74) is 0. The van der Waals surface area contributed by atoms with Gasteiger partial charge in [0.2, 0.25) is 0 Å². The minimum Gasteiger partial charge on any atom is -0.0808 e. The van der Waals surface area contributed by atoms with Crippen LogP contribution in [0.5, 0.6) is 0 Å². The Bertz CT molecular complexity index is 196. The van der Waals surface area contributed by atoms with Gasteiger partial charge in [0, 0.05) is 0 Å². The minimum atomic E-state index is 0. The minimum absolute atomic E-state index is 0. The molecule has 0 atom stereocenters. The highest BCUT2D eigenvalue weighted by atomic mass is 13.8. The number of hydrogen-bond donors (Lipinski definition) is 0. The van der Waals surface area contributed by atoms with Gasteiger partial charge in [0.15, 0.2) is 0 Å². The largest absolute Gasteiger partial charge is 0.0808 e. The monoisotopic (exact) mass is 264 g/mol. The summed E-state index contributed by atoms with van der Waals surface area (Å²) in [5, 5.41) is 0. The van der Waals surface area contributed by atoms with Crippen molar-refractivity contribution in [3.05, 3.63) is 48.6 Å². The molecule has 0 fully saturated rings. The molecule has 0 N–H and O–H groups in total. The molecule has 0 aromatic carbocycles. The lowest BCUT2D eigenvalue weighted by molar-refractivity contribution is 0.736. The van der Waals surface area contributed by atoms with E-state index in [-0.39, 0.29) is 7.43 Å². The Morgan fingerprint density at radius 2 is 0.684 bits per heavy atom. The van der Waals surface area contributed by atoms with Crippen LogP contribution in [0.25, 0.3) is 0 Å². The zero-order chi connectivity index (χ0) is 14.2. The van der Waals surface area contributed by atoms with E-state index in [1.165, 1.54) is 0 Å². The molecule has 0 bridgehead atoms. The molecule has 2 aliphatic rings. The lowest BCUT2D eigenvalue weighted by Gasteiger charge is -1.79. The van der Waals surface area contributed by atoms with Crippen LogP contribution in [0.15, 0.2) is 48.6 Å². The van der Waals surface area contributed by atoms with Gasteiger partial charge in [-0.25, -0.2) is 0 Å². The van der Waals surface area contributed by atoms with Crippen LogP contribution >= 0.6 is 0 Å². The van der Waals surface area contributed by atoms with E-state index >= 15 is 0 Å². The van der Waals surface area contributed by atoms with Crippen molar-refractivity contribution in [1.82, 2.24) is 0 Å². The fourth-order valence-corrected chi connectivity index (χ4v) is 0.786. The summed E-state index contributed by atoms with van der Waals surface area (Å²) in [6, 6.07) is 0. The van der Waals surface area contributed by atoms with Crippen molar-refractivity contribution in [3.8, 4) is 0 Å². The first-order valence-electron chi connectivity index (χ1n) is 7.10. The van der Waals surface area contributed by atoms with Gasteiger partial charge in [-0.2, -0.15) is 0 Å². The lowest BCUT2D eigenvalue weighted by atomic mass is 10.3. The van der Waals surface area contributed by atoms with Crippen molar-refractivity contribution in [2.24, 2.45) is 11.8 Å². The summed E-state index contributed by atoms with van der Waals surface area (Å²) in [5.74, 6) is 1.67. The van der Waals surface area contributed by atoms with E-state index in [0.717, 1.165) is 24.7 Å². The van der Waals surface area contributed by atoms with Crippen molar-refractivity contribution in [3.63, 3.8) is 0 Å². The van der Waals surface area contributed by atoms with Gasteiger partial charge < -0.3 is 0 Å². The van der Waals surface area contributed by atoms with E-state index in [1.807, 2.05) is 0 Å². The first kappa shape index (κ1) is 23.1.